The van der Waals surface area contributed by atoms with Crippen LogP contribution in [0.5, 0.6) is 5.75 Å². The molecule has 0 spiro atoms. The number of ether oxygens (including phenoxy) is 1. The second kappa shape index (κ2) is 9.65. The number of benzene rings is 1. The van der Waals surface area contributed by atoms with Crippen LogP contribution in [-0.2, 0) is 6.54 Å². The molecule has 1 aromatic carbocycles. The summed E-state index contributed by atoms with van der Waals surface area (Å²) in [5.74, 6) is 1.80. The molecule has 1 aromatic heterocycles. The molecule has 0 aliphatic carbocycles. The second-order valence-electron chi connectivity index (χ2n) is 5.91. The minimum atomic E-state index is 0. The van der Waals surface area contributed by atoms with E-state index in [2.05, 4.69) is 33.7 Å². The normalized spacial score (nSPS) is 16.4. The average Bonchev–Trinajstić information content (AvgIpc) is 3.01. The third-order valence-corrected chi connectivity index (χ3v) is 3.98. The van der Waals surface area contributed by atoms with E-state index in [1.165, 1.54) is 11.1 Å². The Bertz CT molecular complexity index is 700. The number of halogens is 1. The number of fused-ring (bicyclic) bond motifs is 1. The molecule has 0 amide bonds. The largest absolute Gasteiger partial charge is 0.493 e. The van der Waals surface area contributed by atoms with E-state index in [-0.39, 0.29) is 30.0 Å². The maximum absolute atomic E-state index is 5.72. The van der Waals surface area contributed by atoms with Gasteiger partial charge in [0.05, 0.1) is 31.9 Å². The van der Waals surface area contributed by atoms with E-state index >= 15 is 0 Å². The summed E-state index contributed by atoms with van der Waals surface area (Å²) in [5, 5.41) is 11.1. The van der Waals surface area contributed by atoms with Gasteiger partial charge < -0.3 is 15.4 Å². The number of hydrogen-bond acceptors (Lipinski definition) is 3. The fourth-order valence-electron chi connectivity index (χ4n) is 2.83. The van der Waals surface area contributed by atoms with Crippen LogP contribution >= 0.6 is 24.0 Å². The molecule has 1 atom stereocenters. The SMILES string of the molecule is CCNC(=NCCn1cc(C)cn1)NC1CCOc2ccccc21.I. The average molecular weight is 455 g/mol. The van der Waals surface area contributed by atoms with Crippen LogP contribution in [0.15, 0.2) is 41.7 Å². The molecule has 0 saturated heterocycles. The van der Waals surface area contributed by atoms with E-state index in [0.717, 1.165) is 37.8 Å². The first kappa shape index (κ1) is 19.6. The fraction of sp³-hybridized carbons (Fsp3) is 0.444. The first-order valence-corrected chi connectivity index (χ1v) is 8.52. The number of aliphatic imine (C=N–C) groups is 1. The van der Waals surface area contributed by atoms with Gasteiger partial charge in [-0.2, -0.15) is 5.10 Å². The number of nitrogens with one attached hydrogen (secondary N) is 2. The van der Waals surface area contributed by atoms with Crippen molar-refractivity contribution in [2.45, 2.75) is 32.9 Å². The van der Waals surface area contributed by atoms with Crippen LogP contribution in [0.25, 0.3) is 0 Å². The van der Waals surface area contributed by atoms with E-state index in [0.29, 0.717) is 6.54 Å². The molecule has 0 radical (unpaired) electrons. The van der Waals surface area contributed by atoms with Crippen LogP contribution in [-0.4, -0.2) is 35.4 Å². The van der Waals surface area contributed by atoms with Crippen LogP contribution in [0.2, 0.25) is 0 Å². The van der Waals surface area contributed by atoms with Gasteiger partial charge in [0.15, 0.2) is 5.96 Å². The van der Waals surface area contributed by atoms with Gasteiger partial charge in [0.25, 0.3) is 0 Å². The zero-order valence-electron chi connectivity index (χ0n) is 14.7. The van der Waals surface area contributed by atoms with Gasteiger partial charge in [0.1, 0.15) is 5.75 Å². The van der Waals surface area contributed by atoms with Crippen LogP contribution in [0.3, 0.4) is 0 Å². The van der Waals surface area contributed by atoms with Crippen LogP contribution < -0.4 is 15.4 Å². The van der Waals surface area contributed by atoms with Gasteiger partial charge in [-0.1, -0.05) is 18.2 Å². The predicted molar refractivity (Wildman–Crippen MR) is 111 cm³/mol. The summed E-state index contributed by atoms with van der Waals surface area (Å²) in [7, 11) is 0. The lowest BCUT2D eigenvalue weighted by molar-refractivity contribution is 0.261. The smallest absolute Gasteiger partial charge is 0.191 e. The molecule has 0 saturated carbocycles. The molecular weight excluding hydrogens is 429 g/mol. The summed E-state index contributed by atoms with van der Waals surface area (Å²) in [6.45, 7) is 7.13. The van der Waals surface area contributed by atoms with Crippen LogP contribution in [0.1, 0.15) is 30.5 Å². The molecule has 1 aliphatic heterocycles. The first-order chi connectivity index (χ1) is 11.8. The Labute approximate surface area is 166 Å². The standard InChI is InChI=1S/C18H25N5O.HI/c1-3-19-18(20-9-10-23-13-14(2)12-21-23)22-16-8-11-24-17-7-5-4-6-15(16)17;/h4-7,12-13,16H,3,8-11H2,1-2H3,(H2,19,20,22);1H. The first-order valence-electron chi connectivity index (χ1n) is 8.52. The number of para-hydroxylation sites is 1. The zero-order valence-corrected chi connectivity index (χ0v) is 17.1. The summed E-state index contributed by atoms with van der Waals surface area (Å²) in [6.07, 6.45) is 4.83. The maximum Gasteiger partial charge on any atom is 0.191 e. The lowest BCUT2D eigenvalue weighted by atomic mass is 10.0. The van der Waals surface area contributed by atoms with Crippen LogP contribution in [0, 0.1) is 6.92 Å². The molecule has 2 heterocycles. The number of aryl methyl sites for hydroxylation is 1. The number of guanidine groups is 1. The Morgan fingerprint density at radius 3 is 3.00 bits per heavy atom. The number of nitrogens with zero attached hydrogens (tertiary/aromatic N) is 3. The monoisotopic (exact) mass is 455 g/mol. The maximum atomic E-state index is 5.72. The number of aromatic nitrogens is 2. The minimum Gasteiger partial charge on any atom is -0.493 e. The summed E-state index contributed by atoms with van der Waals surface area (Å²) >= 11 is 0. The molecular formula is C18H26IN5O. The topological polar surface area (TPSA) is 63.5 Å². The predicted octanol–water partition coefficient (Wildman–Crippen LogP) is 2.89. The second-order valence-corrected chi connectivity index (χ2v) is 5.91. The minimum absolute atomic E-state index is 0. The Morgan fingerprint density at radius 2 is 2.24 bits per heavy atom. The molecule has 0 fully saturated rings. The summed E-state index contributed by atoms with van der Waals surface area (Å²) in [4.78, 5) is 4.68. The fourth-order valence-corrected chi connectivity index (χ4v) is 2.83. The molecule has 0 bridgehead atoms. The van der Waals surface area contributed by atoms with Crippen molar-refractivity contribution >= 4 is 29.9 Å². The zero-order chi connectivity index (χ0) is 16.8. The van der Waals surface area contributed by atoms with Gasteiger partial charge >= 0.3 is 0 Å². The van der Waals surface area contributed by atoms with Crippen molar-refractivity contribution in [3.8, 4) is 5.75 Å². The molecule has 2 N–H and O–H groups in total. The molecule has 2 aromatic rings. The quantitative estimate of drug-likeness (QED) is 0.414. The highest BCUT2D eigenvalue weighted by Crippen LogP contribution is 2.31. The van der Waals surface area contributed by atoms with Crippen molar-refractivity contribution in [2.75, 3.05) is 19.7 Å². The Kier molecular flexibility index (Phi) is 7.54. The van der Waals surface area contributed by atoms with Crippen molar-refractivity contribution < 1.29 is 4.74 Å². The number of rotatable bonds is 5. The van der Waals surface area contributed by atoms with Gasteiger partial charge in [0, 0.05) is 24.7 Å². The van der Waals surface area contributed by atoms with Crippen LogP contribution in [0.4, 0.5) is 0 Å². The van der Waals surface area contributed by atoms with Gasteiger partial charge in [-0.15, -0.1) is 24.0 Å². The molecule has 6 nitrogen and oxygen atoms in total. The third-order valence-electron chi connectivity index (χ3n) is 3.98. The van der Waals surface area contributed by atoms with Crippen molar-refractivity contribution in [3.05, 3.63) is 47.8 Å². The third kappa shape index (κ3) is 5.35. The van der Waals surface area contributed by atoms with E-state index in [9.17, 15) is 0 Å². The van der Waals surface area contributed by atoms with E-state index in [4.69, 9.17) is 4.74 Å². The molecule has 136 valence electrons. The lowest BCUT2D eigenvalue weighted by Gasteiger charge is -2.28. The Morgan fingerprint density at radius 1 is 1.40 bits per heavy atom. The van der Waals surface area contributed by atoms with E-state index in [1.54, 1.807) is 0 Å². The Hall–Kier alpha value is -1.77. The molecule has 25 heavy (non-hydrogen) atoms. The highest BCUT2D eigenvalue weighted by molar-refractivity contribution is 14.0. The summed E-state index contributed by atoms with van der Waals surface area (Å²) < 4.78 is 7.65. The summed E-state index contributed by atoms with van der Waals surface area (Å²) in [6, 6.07) is 8.41. The molecule has 3 rings (SSSR count). The lowest BCUT2D eigenvalue weighted by Crippen LogP contribution is -2.41. The highest BCUT2D eigenvalue weighted by Gasteiger charge is 2.21. The van der Waals surface area contributed by atoms with Crippen molar-refractivity contribution in [3.63, 3.8) is 0 Å². The van der Waals surface area contributed by atoms with Gasteiger partial charge in [-0.25, -0.2) is 0 Å². The van der Waals surface area contributed by atoms with Crippen molar-refractivity contribution in [1.82, 2.24) is 20.4 Å². The molecule has 1 aliphatic rings. The van der Waals surface area contributed by atoms with Gasteiger partial charge in [-0.05, 0) is 25.5 Å². The van der Waals surface area contributed by atoms with E-state index in [1.807, 2.05) is 42.2 Å². The summed E-state index contributed by atoms with van der Waals surface area (Å²) in [5.41, 5.74) is 2.36. The highest BCUT2D eigenvalue weighted by atomic mass is 127. The van der Waals surface area contributed by atoms with Gasteiger partial charge in [0.2, 0.25) is 0 Å². The Balaban J connectivity index is 0.00000225. The van der Waals surface area contributed by atoms with Gasteiger partial charge in [-0.3, -0.25) is 9.67 Å². The van der Waals surface area contributed by atoms with E-state index < -0.39 is 0 Å². The molecule has 1 unspecified atom stereocenters. The van der Waals surface area contributed by atoms with Crippen molar-refractivity contribution in [1.29, 1.82) is 0 Å². The molecule has 7 heteroatoms. The van der Waals surface area contributed by atoms with Crippen molar-refractivity contribution in [2.24, 2.45) is 4.99 Å². The number of hydrogen-bond donors (Lipinski definition) is 2.